The van der Waals surface area contributed by atoms with Crippen LogP contribution in [0.3, 0.4) is 0 Å². The molecule has 52 heavy (non-hydrogen) atoms. The fourth-order valence-corrected chi connectivity index (χ4v) is 8.71. The van der Waals surface area contributed by atoms with Gasteiger partial charge in [0.2, 0.25) is 11.8 Å². The number of ether oxygens (including phenoxy) is 2. The van der Waals surface area contributed by atoms with Crippen molar-refractivity contribution < 1.29 is 29.0 Å². The van der Waals surface area contributed by atoms with Crippen molar-refractivity contribution in [3.63, 3.8) is 0 Å². The second-order valence-electron chi connectivity index (χ2n) is 13.7. The minimum Gasteiger partial charge on any atom is -0.491 e. The average Bonchev–Trinajstić information content (AvgIpc) is 3.66. The zero-order chi connectivity index (χ0) is 35.8. The number of primary amides is 1. The van der Waals surface area contributed by atoms with Crippen LogP contribution in [0.25, 0.3) is 0 Å². The summed E-state index contributed by atoms with van der Waals surface area (Å²) >= 11 is 0. The molecule has 4 aromatic rings. The van der Waals surface area contributed by atoms with Gasteiger partial charge in [-0.25, -0.2) is 0 Å². The van der Waals surface area contributed by atoms with E-state index in [0.29, 0.717) is 28.1 Å². The second-order valence-corrected chi connectivity index (χ2v) is 13.7. The fourth-order valence-electron chi connectivity index (χ4n) is 8.71. The number of fused-ring (bicyclic) bond motifs is 3. The summed E-state index contributed by atoms with van der Waals surface area (Å²) in [7, 11) is 0. The molecule has 2 amide bonds. The van der Waals surface area contributed by atoms with Gasteiger partial charge in [0.25, 0.3) is 0 Å². The monoisotopic (exact) mass is 693 g/mol. The molecule has 3 aliphatic heterocycles. The van der Waals surface area contributed by atoms with E-state index in [1.54, 1.807) is 12.1 Å². The number of cyclic esters (lactones) is 1. The largest absolute Gasteiger partial charge is 0.491 e. The molecule has 0 saturated carbocycles. The number of aliphatic hydroxyl groups excluding tert-OH is 1. The van der Waals surface area contributed by atoms with Gasteiger partial charge >= 0.3 is 5.97 Å². The van der Waals surface area contributed by atoms with Crippen LogP contribution < -0.4 is 15.8 Å². The lowest BCUT2D eigenvalue weighted by Gasteiger charge is -2.46. The second kappa shape index (κ2) is 13.8. The number of anilines is 1. The zero-order valence-corrected chi connectivity index (χ0v) is 28.5. The highest BCUT2D eigenvalue weighted by molar-refractivity contribution is 6.12. The van der Waals surface area contributed by atoms with E-state index in [4.69, 9.17) is 15.2 Å². The number of nitrogens with two attached hydrogens (primary N) is 1. The zero-order valence-electron chi connectivity index (χ0n) is 28.5. The number of hydrogen-bond acceptors (Lipinski definition) is 7. The Morgan fingerprint density at radius 2 is 1.63 bits per heavy atom. The Kier molecular flexibility index (Phi) is 8.87. The van der Waals surface area contributed by atoms with Crippen LogP contribution in [0.2, 0.25) is 0 Å². The Bertz CT molecular complexity index is 2110. The molecule has 0 bridgehead atoms. The molecule has 9 nitrogen and oxygen atoms in total. The van der Waals surface area contributed by atoms with E-state index in [9.17, 15) is 19.5 Å². The van der Waals surface area contributed by atoms with Gasteiger partial charge in [0, 0.05) is 11.3 Å². The molecule has 4 N–H and O–H groups in total. The molecule has 4 aromatic carbocycles. The third-order valence-electron chi connectivity index (χ3n) is 10.8. The van der Waals surface area contributed by atoms with Crippen molar-refractivity contribution in [1.29, 1.82) is 0 Å². The molecule has 0 radical (unpaired) electrons. The van der Waals surface area contributed by atoms with E-state index >= 15 is 0 Å². The number of esters is 1. The Morgan fingerprint density at radius 3 is 2.31 bits per heavy atom. The van der Waals surface area contributed by atoms with Gasteiger partial charge in [-0.05, 0) is 83.8 Å². The smallest absolute Gasteiger partial charge is 0.324 e. The minimum absolute atomic E-state index is 0.113. The molecule has 262 valence electrons. The molecule has 4 aliphatic rings. The number of amides is 2. The molecule has 2 saturated heterocycles. The van der Waals surface area contributed by atoms with Crippen molar-refractivity contribution in [3.8, 4) is 17.6 Å². The topological polar surface area (TPSA) is 131 Å². The Balaban J connectivity index is 1.38. The van der Waals surface area contributed by atoms with E-state index in [2.05, 4.69) is 23.2 Å². The normalized spacial score (nSPS) is 26.3. The van der Waals surface area contributed by atoms with E-state index in [1.165, 1.54) is 0 Å². The highest BCUT2D eigenvalue weighted by atomic mass is 16.6. The third-order valence-corrected chi connectivity index (χ3v) is 10.8. The average molecular weight is 694 g/mol. The summed E-state index contributed by atoms with van der Waals surface area (Å²) in [6, 6.07) is 29.4. The van der Waals surface area contributed by atoms with Gasteiger partial charge in [0.15, 0.2) is 0 Å². The van der Waals surface area contributed by atoms with Crippen molar-refractivity contribution in [1.82, 2.24) is 4.90 Å². The standard InChI is InChI=1S/C43H39N3O6/c44-40(48)35-37-41(49)52-38(30-14-8-3-9-15-30)36(29-12-6-2-7-13-29)46(37)39(31-19-21-32(22-20-31)51-25-24-47)43(35)33-26-28(18-23-34(33)45-42(43)50)17-16-27-10-4-1-5-11-27/h2-3,6-10,12-15,18-23,26,35-39,47H,1,4-5,11,24-25H2,(H2,44,48)(H,45,50)/t35-,36-,37-,38+,39+,43-/m0/s1. The van der Waals surface area contributed by atoms with Crippen LogP contribution in [0.5, 0.6) is 5.75 Å². The van der Waals surface area contributed by atoms with Gasteiger partial charge in [-0.2, -0.15) is 0 Å². The molecule has 0 unspecified atom stereocenters. The number of benzene rings is 4. The van der Waals surface area contributed by atoms with Crippen LogP contribution in [0, 0.1) is 17.8 Å². The lowest BCUT2D eigenvalue weighted by atomic mass is 9.65. The number of aliphatic hydroxyl groups is 1. The van der Waals surface area contributed by atoms with Gasteiger partial charge in [-0.15, -0.1) is 0 Å². The SMILES string of the molecule is NC(=O)[C@@H]1[C@H]2C(=O)O[C@H](c3ccccc3)[C@H](c3ccccc3)N2[C@H](c2ccc(OCCO)cc2)[C@@]12C(=O)Nc1ccc(C#CC3=CCCCC3)cc12. The maximum absolute atomic E-state index is 14.9. The fraction of sp³-hybridized carbons (Fsp3) is 0.279. The molecule has 0 aromatic heterocycles. The quantitative estimate of drug-likeness (QED) is 0.168. The maximum atomic E-state index is 14.9. The van der Waals surface area contributed by atoms with Crippen LogP contribution in [-0.2, 0) is 24.5 Å². The van der Waals surface area contributed by atoms with Gasteiger partial charge in [0.05, 0.1) is 24.6 Å². The van der Waals surface area contributed by atoms with Crippen LogP contribution in [0.15, 0.2) is 115 Å². The predicted molar refractivity (Wildman–Crippen MR) is 195 cm³/mol. The highest BCUT2D eigenvalue weighted by Gasteiger charge is 2.73. The summed E-state index contributed by atoms with van der Waals surface area (Å²) in [4.78, 5) is 45.5. The lowest BCUT2D eigenvalue weighted by molar-refractivity contribution is -0.178. The van der Waals surface area contributed by atoms with Crippen molar-refractivity contribution in [2.45, 2.75) is 55.3 Å². The molecule has 1 spiro atoms. The molecular formula is C43H39N3O6. The van der Waals surface area contributed by atoms with Crippen molar-refractivity contribution in [2.24, 2.45) is 11.7 Å². The third kappa shape index (κ3) is 5.56. The van der Waals surface area contributed by atoms with Crippen molar-refractivity contribution in [2.75, 3.05) is 18.5 Å². The maximum Gasteiger partial charge on any atom is 0.324 e. The first-order valence-electron chi connectivity index (χ1n) is 17.8. The first-order chi connectivity index (χ1) is 25.4. The number of nitrogens with zero attached hydrogens (tertiary/aromatic N) is 1. The van der Waals surface area contributed by atoms with E-state index < -0.39 is 53.3 Å². The number of nitrogens with one attached hydrogen (secondary N) is 1. The first-order valence-corrected chi connectivity index (χ1v) is 17.8. The summed E-state index contributed by atoms with van der Waals surface area (Å²) in [5.41, 5.74) is 9.88. The van der Waals surface area contributed by atoms with Crippen molar-refractivity contribution >= 4 is 23.5 Å². The summed E-state index contributed by atoms with van der Waals surface area (Å²) in [6.45, 7) is -0.0354. The van der Waals surface area contributed by atoms with Crippen LogP contribution in [-0.4, -0.2) is 47.0 Å². The number of carbonyl (C=O) groups is 3. The number of morpholine rings is 1. The van der Waals surface area contributed by atoms with Crippen molar-refractivity contribution in [3.05, 3.63) is 143 Å². The van der Waals surface area contributed by atoms with Gasteiger partial charge < -0.3 is 25.6 Å². The van der Waals surface area contributed by atoms with E-state index in [1.807, 2.05) is 95.9 Å². The molecule has 8 rings (SSSR count). The number of rotatable bonds is 7. The first kappa shape index (κ1) is 33.5. The number of hydrogen-bond donors (Lipinski definition) is 3. The highest BCUT2D eigenvalue weighted by Crippen LogP contribution is 2.64. The van der Waals surface area contributed by atoms with E-state index in [-0.39, 0.29) is 13.2 Å². The minimum atomic E-state index is -1.64. The van der Waals surface area contributed by atoms with E-state index in [0.717, 1.165) is 42.4 Å². The molecule has 1 aliphatic carbocycles. The predicted octanol–water partition coefficient (Wildman–Crippen LogP) is 5.67. The van der Waals surface area contributed by atoms with Crippen LogP contribution >= 0.6 is 0 Å². The number of allylic oxidation sites excluding steroid dienone is 2. The molecule has 2 fully saturated rings. The molecule has 6 atom stereocenters. The van der Waals surface area contributed by atoms with Crippen LogP contribution in [0.4, 0.5) is 5.69 Å². The lowest BCUT2D eigenvalue weighted by Crippen LogP contribution is -2.53. The molecule has 9 heteroatoms. The van der Waals surface area contributed by atoms with Crippen LogP contribution in [0.1, 0.15) is 71.7 Å². The summed E-state index contributed by atoms with van der Waals surface area (Å²) in [5, 5.41) is 12.4. The summed E-state index contributed by atoms with van der Waals surface area (Å²) in [6.07, 6.45) is 5.58. The van der Waals surface area contributed by atoms with Gasteiger partial charge in [-0.3, -0.25) is 19.3 Å². The summed E-state index contributed by atoms with van der Waals surface area (Å²) in [5.74, 6) is 4.02. The van der Waals surface area contributed by atoms with Gasteiger partial charge in [-0.1, -0.05) is 90.7 Å². The summed E-state index contributed by atoms with van der Waals surface area (Å²) < 4.78 is 12.0. The number of carbonyl (C=O) groups excluding carboxylic acids is 3. The molecular weight excluding hydrogens is 654 g/mol. The Labute approximate surface area is 302 Å². The Hall–Kier alpha value is -5.69. The molecule has 3 heterocycles. The Morgan fingerprint density at radius 1 is 0.904 bits per heavy atom. The van der Waals surface area contributed by atoms with Gasteiger partial charge in [0.1, 0.15) is 29.9 Å².